The first kappa shape index (κ1) is 15.2. The first-order chi connectivity index (χ1) is 12.3. The van der Waals surface area contributed by atoms with Gasteiger partial charge in [0.05, 0.1) is 0 Å². The van der Waals surface area contributed by atoms with Crippen LogP contribution in [0.15, 0.2) is 60.7 Å². The molecule has 3 heterocycles. The Morgan fingerprint density at radius 2 is 1.44 bits per heavy atom. The van der Waals surface area contributed by atoms with Gasteiger partial charge < -0.3 is 4.57 Å². The lowest BCUT2D eigenvalue weighted by molar-refractivity contribution is 0.682. The lowest BCUT2D eigenvalue weighted by Gasteiger charge is -2.06. The summed E-state index contributed by atoms with van der Waals surface area (Å²) in [7, 11) is 0. The number of aryl methyl sites for hydroxylation is 3. The lowest BCUT2D eigenvalue weighted by Crippen LogP contribution is -1.98. The maximum Gasteiger partial charge on any atom is 0.0491 e. The minimum Gasteiger partial charge on any atom is -0.340 e. The van der Waals surface area contributed by atoms with E-state index in [0.717, 1.165) is 13.0 Å². The summed E-state index contributed by atoms with van der Waals surface area (Å²) in [5, 5.41) is 2.73. The van der Waals surface area contributed by atoms with Gasteiger partial charge in [-0.15, -0.1) is 22.7 Å². The van der Waals surface area contributed by atoms with Crippen LogP contribution in [0.4, 0.5) is 0 Å². The van der Waals surface area contributed by atoms with Gasteiger partial charge in [-0.25, -0.2) is 0 Å². The first-order valence-corrected chi connectivity index (χ1v) is 10.4. The Kier molecular flexibility index (Phi) is 3.65. The maximum absolute atomic E-state index is 2.49. The molecule has 3 aromatic heterocycles. The number of fused-ring (bicyclic) bond motifs is 4. The van der Waals surface area contributed by atoms with Gasteiger partial charge in [-0.05, 0) is 44.0 Å². The number of rotatable bonds is 4. The Bertz CT molecular complexity index is 1100. The van der Waals surface area contributed by atoms with Crippen molar-refractivity contribution in [2.24, 2.45) is 0 Å². The van der Waals surface area contributed by atoms with Crippen LogP contribution in [0.3, 0.4) is 0 Å². The van der Waals surface area contributed by atoms with Crippen molar-refractivity contribution in [3.05, 3.63) is 70.4 Å². The minimum atomic E-state index is 1.07. The Labute approximate surface area is 155 Å². The van der Waals surface area contributed by atoms with Crippen LogP contribution in [-0.2, 0) is 13.0 Å². The molecule has 0 bridgehead atoms. The molecule has 2 aromatic carbocycles. The van der Waals surface area contributed by atoms with Gasteiger partial charge >= 0.3 is 0 Å². The van der Waals surface area contributed by atoms with Crippen molar-refractivity contribution in [3.63, 3.8) is 0 Å². The van der Waals surface area contributed by atoms with E-state index in [1.807, 2.05) is 22.7 Å². The summed E-state index contributed by atoms with van der Waals surface area (Å²) in [6.07, 6.45) is 2.33. The first-order valence-electron chi connectivity index (χ1n) is 8.74. The number of hydrogen-bond donors (Lipinski definition) is 0. The molecule has 0 fully saturated rings. The number of nitrogens with zero attached hydrogens (tertiary/aromatic N) is 1. The van der Waals surface area contributed by atoms with Crippen molar-refractivity contribution in [2.75, 3.05) is 0 Å². The molecule has 5 aromatic rings. The van der Waals surface area contributed by atoms with Gasteiger partial charge in [0.15, 0.2) is 0 Å². The third-order valence-corrected chi connectivity index (χ3v) is 7.13. The van der Waals surface area contributed by atoms with Crippen LogP contribution < -0.4 is 0 Å². The second-order valence-corrected chi connectivity index (χ2v) is 9.04. The topological polar surface area (TPSA) is 4.93 Å². The molecule has 25 heavy (non-hydrogen) atoms. The highest BCUT2D eigenvalue weighted by molar-refractivity contribution is 7.27. The quantitative estimate of drug-likeness (QED) is 0.324. The molecule has 0 spiro atoms. The molecule has 0 saturated carbocycles. The van der Waals surface area contributed by atoms with Gasteiger partial charge in [-0.3, -0.25) is 0 Å². The predicted molar refractivity (Wildman–Crippen MR) is 112 cm³/mol. The summed E-state index contributed by atoms with van der Waals surface area (Å²) in [6, 6.07) is 22.3. The van der Waals surface area contributed by atoms with Crippen molar-refractivity contribution in [3.8, 4) is 0 Å². The summed E-state index contributed by atoms with van der Waals surface area (Å²) in [6.45, 7) is 3.26. The molecule has 0 saturated heterocycles. The highest BCUT2D eigenvalue weighted by Gasteiger charge is 2.10. The van der Waals surface area contributed by atoms with Crippen LogP contribution >= 0.6 is 22.7 Å². The van der Waals surface area contributed by atoms with Gasteiger partial charge in [-0.2, -0.15) is 0 Å². The fourth-order valence-electron chi connectivity index (χ4n) is 3.79. The average molecular weight is 362 g/mol. The molecule has 5 rings (SSSR count). The molecule has 3 heteroatoms. The third kappa shape index (κ3) is 2.59. The Balaban J connectivity index is 1.44. The largest absolute Gasteiger partial charge is 0.340 e. The molecule has 0 aliphatic rings. The zero-order valence-corrected chi connectivity index (χ0v) is 15.8. The number of para-hydroxylation sites is 2. The molecule has 0 N–H and O–H groups in total. The summed E-state index contributed by atoms with van der Waals surface area (Å²) in [4.78, 5) is 2.93. The summed E-state index contributed by atoms with van der Waals surface area (Å²) in [5.74, 6) is 0. The summed E-state index contributed by atoms with van der Waals surface area (Å²) in [5.41, 5.74) is 2.71. The van der Waals surface area contributed by atoms with E-state index >= 15 is 0 Å². The van der Waals surface area contributed by atoms with Gasteiger partial charge in [0.2, 0.25) is 0 Å². The normalized spacial score (nSPS) is 11.9. The molecular formula is C22H19NS2. The van der Waals surface area contributed by atoms with E-state index in [2.05, 4.69) is 72.2 Å². The minimum absolute atomic E-state index is 1.07. The molecule has 0 radical (unpaired) electrons. The standard InChI is InChI=1S/C22H19NS2/c1-15-13-21-22(24-15)14-16(25-21)7-6-12-23-19-10-4-2-8-17(19)18-9-3-5-11-20(18)23/h2-5,8-11,13-14H,6-7,12H2,1H3. The molecule has 0 aliphatic carbocycles. The van der Waals surface area contributed by atoms with Gasteiger partial charge in [-0.1, -0.05) is 36.4 Å². The van der Waals surface area contributed by atoms with E-state index in [0.29, 0.717) is 0 Å². The Hall–Kier alpha value is -2.10. The molecule has 0 atom stereocenters. The van der Waals surface area contributed by atoms with Crippen LogP contribution in [0.2, 0.25) is 0 Å². The number of hydrogen-bond acceptors (Lipinski definition) is 2. The third-order valence-electron chi connectivity index (χ3n) is 4.87. The number of benzene rings is 2. The van der Waals surface area contributed by atoms with E-state index in [9.17, 15) is 0 Å². The highest BCUT2D eigenvalue weighted by atomic mass is 32.1. The van der Waals surface area contributed by atoms with Gasteiger partial charge in [0, 0.05) is 47.5 Å². The molecule has 0 unspecified atom stereocenters. The number of aromatic nitrogens is 1. The van der Waals surface area contributed by atoms with Crippen molar-refractivity contribution in [1.82, 2.24) is 4.57 Å². The summed E-state index contributed by atoms with van der Waals surface area (Å²) >= 11 is 3.88. The predicted octanol–water partition coefficient (Wildman–Crippen LogP) is 7.01. The second kappa shape index (κ2) is 6.01. The van der Waals surface area contributed by atoms with Crippen LogP contribution in [0.25, 0.3) is 31.2 Å². The van der Waals surface area contributed by atoms with Gasteiger partial charge in [0.1, 0.15) is 0 Å². The van der Waals surface area contributed by atoms with E-state index < -0.39 is 0 Å². The van der Waals surface area contributed by atoms with E-state index in [-0.39, 0.29) is 0 Å². The summed E-state index contributed by atoms with van der Waals surface area (Å²) < 4.78 is 5.40. The average Bonchev–Trinajstić information content (AvgIpc) is 3.25. The molecular weight excluding hydrogens is 342 g/mol. The van der Waals surface area contributed by atoms with Crippen LogP contribution in [-0.4, -0.2) is 4.57 Å². The molecule has 1 nitrogen and oxygen atoms in total. The molecule has 124 valence electrons. The van der Waals surface area contributed by atoms with Crippen molar-refractivity contribution >= 4 is 53.9 Å². The van der Waals surface area contributed by atoms with Crippen molar-refractivity contribution in [1.29, 1.82) is 0 Å². The van der Waals surface area contributed by atoms with Crippen LogP contribution in [0.5, 0.6) is 0 Å². The highest BCUT2D eigenvalue weighted by Crippen LogP contribution is 2.34. The number of thiophene rings is 2. The van der Waals surface area contributed by atoms with Crippen molar-refractivity contribution in [2.45, 2.75) is 26.3 Å². The fourth-order valence-corrected chi connectivity index (χ4v) is 6.17. The van der Waals surface area contributed by atoms with Crippen LogP contribution in [0.1, 0.15) is 16.2 Å². The zero-order valence-electron chi connectivity index (χ0n) is 14.2. The Morgan fingerprint density at radius 3 is 2.12 bits per heavy atom. The fraction of sp³-hybridized carbons (Fsp3) is 0.182. The van der Waals surface area contributed by atoms with E-state index in [4.69, 9.17) is 0 Å². The zero-order chi connectivity index (χ0) is 16.8. The second-order valence-electron chi connectivity index (χ2n) is 6.59. The SMILES string of the molecule is Cc1cc2sc(CCCn3c4ccccc4c4ccccc43)cc2s1. The monoisotopic (exact) mass is 361 g/mol. The Morgan fingerprint density at radius 1 is 0.800 bits per heavy atom. The van der Waals surface area contributed by atoms with E-state index in [1.54, 1.807) is 0 Å². The van der Waals surface area contributed by atoms with E-state index in [1.165, 1.54) is 47.4 Å². The smallest absolute Gasteiger partial charge is 0.0491 e. The molecule has 0 amide bonds. The maximum atomic E-state index is 2.49. The van der Waals surface area contributed by atoms with Crippen molar-refractivity contribution < 1.29 is 0 Å². The molecule has 0 aliphatic heterocycles. The van der Waals surface area contributed by atoms with Gasteiger partial charge in [0.25, 0.3) is 0 Å². The van der Waals surface area contributed by atoms with Crippen LogP contribution in [0, 0.1) is 6.92 Å². The lowest BCUT2D eigenvalue weighted by atomic mass is 10.2.